The topological polar surface area (TPSA) is 27.1 Å². The summed E-state index contributed by atoms with van der Waals surface area (Å²) in [7, 11) is 0. The number of hydrogen-bond donors (Lipinski definition) is 0. The molecular formula is C28H23ClN2O. The van der Waals surface area contributed by atoms with E-state index >= 15 is 0 Å². The van der Waals surface area contributed by atoms with Crippen LogP contribution >= 0.6 is 11.6 Å². The smallest absolute Gasteiger partial charge is 0.119 e. The Morgan fingerprint density at radius 3 is 2.19 bits per heavy atom. The molecule has 0 aliphatic carbocycles. The second kappa shape index (κ2) is 9.29. The van der Waals surface area contributed by atoms with Gasteiger partial charge in [-0.2, -0.15) is 0 Å². The van der Waals surface area contributed by atoms with Crippen molar-refractivity contribution in [3.05, 3.63) is 120 Å². The molecule has 0 saturated carbocycles. The standard InChI is InChI=1S/C28H23ClN2O/c29-24-14-16-25(17-15-24)32-19-18-31-27-9-5-4-8-26(27)30-28(31)20-21-10-12-23(13-11-21)22-6-2-1-3-7-22/h1-17H,18-20H2. The zero-order valence-electron chi connectivity index (χ0n) is 17.6. The quantitative estimate of drug-likeness (QED) is 0.273. The number of hydrogen-bond acceptors (Lipinski definition) is 2. The van der Waals surface area contributed by atoms with Crippen molar-refractivity contribution >= 4 is 22.6 Å². The first-order chi connectivity index (χ1) is 15.8. The fourth-order valence-corrected chi connectivity index (χ4v) is 4.05. The zero-order valence-corrected chi connectivity index (χ0v) is 18.4. The van der Waals surface area contributed by atoms with Gasteiger partial charge in [0.1, 0.15) is 18.2 Å². The number of benzene rings is 4. The number of aromatic nitrogens is 2. The lowest BCUT2D eigenvalue weighted by molar-refractivity contribution is 0.298. The normalized spacial score (nSPS) is 11.0. The molecule has 1 heterocycles. The molecule has 0 radical (unpaired) electrons. The third kappa shape index (κ3) is 4.53. The van der Waals surface area contributed by atoms with Crippen LogP contribution in [0.25, 0.3) is 22.2 Å². The molecule has 5 rings (SSSR count). The molecule has 4 heteroatoms. The number of rotatable bonds is 7. The van der Waals surface area contributed by atoms with Crippen molar-refractivity contribution in [2.75, 3.05) is 6.61 Å². The minimum Gasteiger partial charge on any atom is -0.492 e. The Morgan fingerprint density at radius 1 is 0.719 bits per heavy atom. The third-order valence-corrected chi connectivity index (χ3v) is 5.81. The number of halogens is 1. The Hall–Kier alpha value is -3.56. The Morgan fingerprint density at radius 2 is 1.41 bits per heavy atom. The van der Waals surface area contributed by atoms with E-state index in [0.29, 0.717) is 11.6 Å². The Labute approximate surface area is 192 Å². The summed E-state index contributed by atoms with van der Waals surface area (Å²) in [5, 5.41) is 0.707. The van der Waals surface area contributed by atoms with E-state index in [9.17, 15) is 0 Å². The van der Waals surface area contributed by atoms with Crippen LogP contribution in [-0.4, -0.2) is 16.2 Å². The van der Waals surface area contributed by atoms with E-state index in [1.165, 1.54) is 16.7 Å². The molecular weight excluding hydrogens is 416 g/mol. The number of para-hydroxylation sites is 2. The van der Waals surface area contributed by atoms with Gasteiger partial charge in [-0.15, -0.1) is 0 Å². The summed E-state index contributed by atoms with van der Waals surface area (Å²) in [6.07, 6.45) is 0.769. The van der Waals surface area contributed by atoms with Crippen LogP contribution in [0.4, 0.5) is 0 Å². The number of fused-ring (bicyclic) bond motifs is 1. The van der Waals surface area contributed by atoms with Gasteiger partial charge in [0.2, 0.25) is 0 Å². The van der Waals surface area contributed by atoms with Crippen molar-refractivity contribution in [2.24, 2.45) is 0 Å². The summed E-state index contributed by atoms with van der Waals surface area (Å²) < 4.78 is 8.21. The first kappa shape index (κ1) is 20.3. The molecule has 3 nitrogen and oxygen atoms in total. The van der Waals surface area contributed by atoms with Gasteiger partial charge in [0, 0.05) is 11.4 Å². The van der Waals surface area contributed by atoms with Crippen LogP contribution in [0, 0.1) is 0 Å². The van der Waals surface area contributed by atoms with Gasteiger partial charge in [-0.3, -0.25) is 0 Å². The number of imidazole rings is 1. The predicted molar refractivity (Wildman–Crippen MR) is 131 cm³/mol. The highest BCUT2D eigenvalue weighted by Crippen LogP contribution is 2.23. The molecule has 0 spiro atoms. The Kier molecular flexibility index (Phi) is 5.91. The van der Waals surface area contributed by atoms with E-state index < -0.39 is 0 Å². The molecule has 0 aliphatic rings. The van der Waals surface area contributed by atoms with Crippen molar-refractivity contribution in [3.63, 3.8) is 0 Å². The van der Waals surface area contributed by atoms with Crippen LogP contribution < -0.4 is 4.74 Å². The van der Waals surface area contributed by atoms with Crippen LogP contribution in [-0.2, 0) is 13.0 Å². The van der Waals surface area contributed by atoms with E-state index in [1.807, 2.05) is 36.4 Å². The summed E-state index contributed by atoms with van der Waals surface area (Å²) in [5.74, 6) is 1.86. The molecule has 0 aliphatic heterocycles. The summed E-state index contributed by atoms with van der Waals surface area (Å²) >= 11 is 5.97. The maximum Gasteiger partial charge on any atom is 0.119 e. The summed E-state index contributed by atoms with van der Waals surface area (Å²) in [6, 6.07) is 34.9. The highest BCUT2D eigenvalue weighted by molar-refractivity contribution is 6.30. The van der Waals surface area contributed by atoms with Crippen molar-refractivity contribution in [3.8, 4) is 16.9 Å². The predicted octanol–water partition coefficient (Wildman–Crippen LogP) is 7.03. The SMILES string of the molecule is Clc1ccc(OCCn2c(Cc3ccc(-c4ccccc4)cc3)nc3ccccc32)cc1. The van der Waals surface area contributed by atoms with Gasteiger partial charge < -0.3 is 9.30 Å². The lowest BCUT2D eigenvalue weighted by Crippen LogP contribution is -2.11. The first-order valence-electron chi connectivity index (χ1n) is 10.7. The molecule has 0 atom stereocenters. The van der Waals surface area contributed by atoms with E-state index in [4.69, 9.17) is 21.3 Å². The van der Waals surface area contributed by atoms with Crippen LogP contribution in [0.5, 0.6) is 5.75 Å². The van der Waals surface area contributed by atoms with Crippen LogP contribution in [0.3, 0.4) is 0 Å². The average Bonchev–Trinajstić information content (AvgIpc) is 3.18. The number of ether oxygens (including phenoxy) is 1. The lowest BCUT2D eigenvalue weighted by Gasteiger charge is -2.11. The average molecular weight is 439 g/mol. The van der Waals surface area contributed by atoms with Gasteiger partial charge in [-0.25, -0.2) is 4.98 Å². The van der Waals surface area contributed by atoms with Gasteiger partial charge in [0.25, 0.3) is 0 Å². The summed E-state index contributed by atoms with van der Waals surface area (Å²) in [5.41, 5.74) is 5.82. The van der Waals surface area contributed by atoms with Crippen molar-refractivity contribution in [1.29, 1.82) is 0 Å². The minimum absolute atomic E-state index is 0.557. The molecule has 32 heavy (non-hydrogen) atoms. The highest BCUT2D eigenvalue weighted by atomic mass is 35.5. The highest BCUT2D eigenvalue weighted by Gasteiger charge is 2.11. The maximum absolute atomic E-state index is 5.97. The second-order valence-electron chi connectivity index (χ2n) is 7.71. The van der Waals surface area contributed by atoms with Gasteiger partial charge in [-0.1, -0.05) is 78.3 Å². The van der Waals surface area contributed by atoms with Crippen molar-refractivity contribution in [1.82, 2.24) is 9.55 Å². The van der Waals surface area contributed by atoms with Gasteiger partial charge in [-0.05, 0) is 53.1 Å². The van der Waals surface area contributed by atoms with Crippen molar-refractivity contribution < 1.29 is 4.74 Å². The Balaban J connectivity index is 1.36. The first-order valence-corrected chi connectivity index (χ1v) is 11.1. The van der Waals surface area contributed by atoms with Crippen LogP contribution in [0.1, 0.15) is 11.4 Å². The van der Waals surface area contributed by atoms with E-state index in [2.05, 4.69) is 71.3 Å². The van der Waals surface area contributed by atoms with E-state index in [1.54, 1.807) is 0 Å². The van der Waals surface area contributed by atoms with E-state index in [0.717, 1.165) is 35.6 Å². The molecule has 0 unspecified atom stereocenters. The lowest BCUT2D eigenvalue weighted by atomic mass is 10.0. The monoisotopic (exact) mass is 438 g/mol. The van der Waals surface area contributed by atoms with E-state index in [-0.39, 0.29) is 0 Å². The summed E-state index contributed by atoms with van der Waals surface area (Å²) in [6.45, 7) is 1.28. The molecule has 0 fully saturated rings. The largest absolute Gasteiger partial charge is 0.492 e. The second-order valence-corrected chi connectivity index (χ2v) is 8.15. The zero-order chi connectivity index (χ0) is 21.8. The minimum atomic E-state index is 0.557. The molecule has 0 N–H and O–H groups in total. The molecule has 5 aromatic rings. The summed E-state index contributed by atoms with van der Waals surface area (Å²) in [4.78, 5) is 4.92. The Bertz CT molecular complexity index is 1310. The van der Waals surface area contributed by atoms with Crippen molar-refractivity contribution in [2.45, 2.75) is 13.0 Å². The van der Waals surface area contributed by atoms with Gasteiger partial charge in [0.15, 0.2) is 0 Å². The van der Waals surface area contributed by atoms with Gasteiger partial charge in [0.05, 0.1) is 17.6 Å². The third-order valence-electron chi connectivity index (χ3n) is 5.55. The molecule has 0 bridgehead atoms. The molecule has 0 amide bonds. The molecule has 0 saturated heterocycles. The number of nitrogens with zero attached hydrogens (tertiary/aromatic N) is 2. The van der Waals surface area contributed by atoms with Crippen LogP contribution in [0.15, 0.2) is 103 Å². The fourth-order valence-electron chi connectivity index (χ4n) is 3.92. The van der Waals surface area contributed by atoms with Gasteiger partial charge >= 0.3 is 0 Å². The molecule has 1 aromatic heterocycles. The fraction of sp³-hybridized carbons (Fsp3) is 0.107. The molecule has 158 valence electrons. The van der Waals surface area contributed by atoms with Crippen LogP contribution in [0.2, 0.25) is 5.02 Å². The molecule has 4 aromatic carbocycles. The maximum atomic E-state index is 5.97.